The van der Waals surface area contributed by atoms with Gasteiger partial charge < -0.3 is 29.9 Å². The van der Waals surface area contributed by atoms with Crippen LogP contribution in [0.2, 0.25) is 0 Å². The summed E-state index contributed by atoms with van der Waals surface area (Å²) in [6.45, 7) is 2.09. The first-order chi connectivity index (χ1) is 8.21. The molecule has 1 rings (SSSR count). The first kappa shape index (κ1) is 15.8. The molecular formula is C10H17BrO7. The molecule has 0 amide bonds. The Kier molecular flexibility index (Phi) is 4.74. The van der Waals surface area contributed by atoms with Gasteiger partial charge in [0.1, 0.15) is 18.3 Å². The minimum atomic E-state index is -2.18. The van der Waals surface area contributed by atoms with Crippen molar-refractivity contribution in [1.82, 2.24) is 0 Å². The highest BCUT2D eigenvalue weighted by molar-refractivity contribution is 9.10. The monoisotopic (exact) mass is 328 g/mol. The van der Waals surface area contributed by atoms with Crippen LogP contribution in [0.25, 0.3) is 0 Å². The Hall–Kier alpha value is -0.250. The van der Waals surface area contributed by atoms with Gasteiger partial charge in [-0.05, 0) is 15.9 Å². The van der Waals surface area contributed by atoms with Crippen LogP contribution in [0, 0.1) is 0 Å². The van der Waals surface area contributed by atoms with Crippen LogP contribution in [-0.2, 0) is 14.3 Å². The SMILES string of the molecule is CC[C@@]1(OC(C)=O)O[C@H](CO)[C@H](O)[C@H](O)[C@]1(O)Br. The summed E-state index contributed by atoms with van der Waals surface area (Å²) in [6.07, 6.45) is -4.37. The van der Waals surface area contributed by atoms with E-state index >= 15 is 0 Å². The van der Waals surface area contributed by atoms with Crippen molar-refractivity contribution < 1.29 is 34.7 Å². The lowest BCUT2D eigenvalue weighted by Crippen LogP contribution is -2.71. The Bertz CT molecular complexity index is 321. The normalized spacial score (nSPS) is 44.7. The quantitative estimate of drug-likeness (QED) is 0.382. The van der Waals surface area contributed by atoms with E-state index in [1.54, 1.807) is 6.92 Å². The number of carbonyl (C=O) groups excluding carboxylic acids is 1. The fourth-order valence-corrected chi connectivity index (χ4v) is 2.65. The van der Waals surface area contributed by atoms with Crippen LogP contribution in [0.15, 0.2) is 0 Å². The molecule has 4 N–H and O–H groups in total. The average Bonchev–Trinajstić information content (AvgIpc) is 2.30. The summed E-state index contributed by atoms with van der Waals surface area (Å²) < 4.78 is 8.06. The molecule has 1 aliphatic heterocycles. The van der Waals surface area contributed by atoms with Crippen LogP contribution in [0.4, 0.5) is 0 Å². The summed E-state index contributed by atoms with van der Waals surface area (Å²) in [6, 6.07) is 0. The molecule has 7 nitrogen and oxygen atoms in total. The predicted octanol–water partition coefficient (Wildman–Crippen LogP) is -1.15. The molecule has 0 unspecified atom stereocenters. The summed E-state index contributed by atoms with van der Waals surface area (Å²) in [7, 11) is 0. The second-order valence-electron chi connectivity index (χ2n) is 4.15. The molecule has 1 fully saturated rings. The molecule has 0 saturated carbocycles. The highest BCUT2D eigenvalue weighted by Crippen LogP contribution is 2.45. The van der Waals surface area contributed by atoms with E-state index in [4.69, 9.17) is 14.6 Å². The summed E-state index contributed by atoms with van der Waals surface area (Å²) in [5, 5.41) is 38.8. The van der Waals surface area contributed by atoms with E-state index in [2.05, 4.69) is 15.9 Å². The third kappa shape index (κ3) is 2.40. The minimum absolute atomic E-state index is 0.00854. The third-order valence-corrected chi connectivity index (χ3v) is 4.00. The first-order valence-corrected chi connectivity index (χ1v) is 6.26. The van der Waals surface area contributed by atoms with E-state index in [-0.39, 0.29) is 6.42 Å². The molecule has 8 heteroatoms. The molecule has 5 atom stereocenters. The molecular weight excluding hydrogens is 312 g/mol. The highest BCUT2D eigenvalue weighted by atomic mass is 79.9. The number of aliphatic hydroxyl groups is 4. The Balaban J connectivity index is 3.16. The first-order valence-electron chi connectivity index (χ1n) is 5.47. The van der Waals surface area contributed by atoms with Crippen molar-refractivity contribution in [2.45, 2.75) is 48.9 Å². The van der Waals surface area contributed by atoms with Crippen molar-refractivity contribution >= 4 is 21.9 Å². The molecule has 18 heavy (non-hydrogen) atoms. The van der Waals surface area contributed by atoms with Crippen molar-refractivity contribution in [1.29, 1.82) is 0 Å². The summed E-state index contributed by atoms with van der Waals surface area (Å²) in [5.41, 5.74) is 0. The molecule has 0 aliphatic carbocycles. The average molecular weight is 329 g/mol. The lowest BCUT2D eigenvalue weighted by Gasteiger charge is -2.51. The van der Waals surface area contributed by atoms with E-state index in [9.17, 15) is 20.1 Å². The maximum Gasteiger partial charge on any atom is 0.305 e. The largest absolute Gasteiger partial charge is 0.429 e. The van der Waals surface area contributed by atoms with Crippen LogP contribution < -0.4 is 0 Å². The molecule has 0 aromatic rings. The molecule has 0 aromatic carbocycles. The molecule has 1 heterocycles. The lowest BCUT2D eigenvalue weighted by atomic mass is 9.90. The van der Waals surface area contributed by atoms with Crippen LogP contribution in [-0.4, -0.2) is 61.6 Å². The number of rotatable bonds is 3. The fraction of sp³-hybridized carbons (Fsp3) is 0.900. The van der Waals surface area contributed by atoms with Crippen LogP contribution >= 0.6 is 15.9 Å². The van der Waals surface area contributed by atoms with Crippen molar-refractivity contribution in [3.8, 4) is 0 Å². The zero-order valence-corrected chi connectivity index (χ0v) is 11.6. The highest BCUT2D eigenvalue weighted by Gasteiger charge is 2.64. The molecule has 1 aliphatic rings. The third-order valence-electron chi connectivity index (χ3n) is 2.93. The van der Waals surface area contributed by atoms with Crippen LogP contribution in [0.1, 0.15) is 20.3 Å². The van der Waals surface area contributed by atoms with Gasteiger partial charge in [-0.2, -0.15) is 0 Å². The smallest absolute Gasteiger partial charge is 0.305 e. The lowest BCUT2D eigenvalue weighted by molar-refractivity contribution is -0.361. The van der Waals surface area contributed by atoms with E-state index in [1.165, 1.54) is 0 Å². The zero-order chi connectivity index (χ0) is 14.1. The maximum atomic E-state index is 11.1. The maximum absolute atomic E-state index is 11.1. The number of halogens is 1. The number of aliphatic hydroxyl groups excluding tert-OH is 3. The Morgan fingerprint density at radius 2 is 2.06 bits per heavy atom. The summed E-state index contributed by atoms with van der Waals surface area (Å²) >= 11 is 2.83. The second-order valence-corrected chi connectivity index (χ2v) is 5.36. The van der Waals surface area contributed by atoms with Crippen LogP contribution in [0.3, 0.4) is 0 Å². The van der Waals surface area contributed by atoms with Gasteiger partial charge in [-0.1, -0.05) is 6.92 Å². The molecule has 106 valence electrons. The number of hydrogen-bond donors (Lipinski definition) is 4. The van der Waals surface area contributed by atoms with Crippen molar-refractivity contribution in [3.63, 3.8) is 0 Å². The van der Waals surface area contributed by atoms with Gasteiger partial charge in [-0.3, -0.25) is 4.79 Å². The molecule has 0 radical (unpaired) electrons. The summed E-state index contributed by atoms with van der Waals surface area (Å²) in [5.74, 6) is -2.61. The number of alkyl halides is 1. The molecule has 0 bridgehead atoms. The van der Waals surface area contributed by atoms with E-state index in [1.807, 2.05) is 0 Å². The minimum Gasteiger partial charge on any atom is -0.429 e. The van der Waals surface area contributed by atoms with Gasteiger partial charge in [0.2, 0.25) is 4.51 Å². The number of esters is 1. The van der Waals surface area contributed by atoms with Gasteiger partial charge in [0.15, 0.2) is 0 Å². The number of ether oxygens (including phenoxy) is 2. The van der Waals surface area contributed by atoms with Gasteiger partial charge in [0, 0.05) is 13.3 Å². The Morgan fingerprint density at radius 1 is 1.50 bits per heavy atom. The summed E-state index contributed by atoms with van der Waals surface area (Å²) in [4.78, 5) is 11.1. The standard InChI is InChI=1S/C10H17BrO7/c1-3-9(17-5(2)13)10(11,16)8(15)7(14)6(4-12)18-9/h6-8,12,14-16H,3-4H2,1-2H3/t6-,7+,8+,9-,10-/m1/s1. The fourth-order valence-electron chi connectivity index (χ4n) is 1.93. The van der Waals surface area contributed by atoms with Gasteiger partial charge in [-0.15, -0.1) is 0 Å². The Morgan fingerprint density at radius 3 is 2.44 bits per heavy atom. The van der Waals surface area contributed by atoms with Crippen molar-refractivity contribution in [2.75, 3.05) is 6.61 Å². The van der Waals surface area contributed by atoms with Crippen LogP contribution in [0.5, 0.6) is 0 Å². The second kappa shape index (κ2) is 5.40. The Labute approximate surface area is 112 Å². The molecule has 0 spiro atoms. The predicted molar refractivity (Wildman–Crippen MR) is 62.6 cm³/mol. The topological polar surface area (TPSA) is 116 Å². The van der Waals surface area contributed by atoms with Crippen molar-refractivity contribution in [3.05, 3.63) is 0 Å². The van der Waals surface area contributed by atoms with Gasteiger partial charge in [0.05, 0.1) is 6.61 Å². The van der Waals surface area contributed by atoms with Crippen molar-refractivity contribution in [2.24, 2.45) is 0 Å². The number of hydrogen-bond acceptors (Lipinski definition) is 7. The van der Waals surface area contributed by atoms with E-state index < -0.39 is 41.2 Å². The van der Waals surface area contributed by atoms with Gasteiger partial charge in [-0.25, -0.2) is 0 Å². The number of carbonyl (C=O) groups is 1. The zero-order valence-electron chi connectivity index (χ0n) is 10.0. The van der Waals surface area contributed by atoms with Gasteiger partial charge in [0.25, 0.3) is 5.79 Å². The van der Waals surface area contributed by atoms with E-state index in [0.717, 1.165) is 6.92 Å². The molecule has 1 saturated heterocycles. The van der Waals surface area contributed by atoms with Gasteiger partial charge >= 0.3 is 5.97 Å². The van der Waals surface area contributed by atoms with E-state index in [0.29, 0.717) is 0 Å². The molecule has 0 aromatic heterocycles.